The molecule has 1 atom stereocenters. The molecule has 1 aromatic rings. The first kappa shape index (κ1) is 15.8. The van der Waals surface area contributed by atoms with Crippen LogP contribution in [0, 0.1) is 5.92 Å². The molecule has 0 aliphatic heterocycles. The fourth-order valence-electron chi connectivity index (χ4n) is 3.12. The molecule has 1 aliphatic carbocycles. The summed E-state index contributed by atoms with van der Waals surface area (Å²) in [7, 11) is 1.68. The molecule has 1 saturated carbocycles. The summed E-state index contributed by atoms with van der Waals surface area (Å²) in [5.41, 5.74) is 6.68. The maximum atomic E-state index is 11.2. The Morgan fingerprint density at radius 3 is 2.43 bits per heavy atom. The molecule has 0 saturated heterocycles. The highest BCUT2D eigenvalue weighted by Crippen LogP contribution is 2.24. The van der Waals surface area contributed by atoms with Crippen molar-refractivity contribution in [1.82, 2.24) is 5.32 Å². The van der Waals surface area contributed by atoms with Crippen LogP contribution in [0.1, 0.15) is 38.2 Å². The van der Waals surface area contributed by atoms with Crippen molar-refractivity contribution in [2.75, 3.05) is 7.11 Å². The van der Waals surface area contributed by atoms with Gasteiger partial charge in [0.25, 0.3) is 0 Å². The van der Waals surface area contributed by atoms with E-state index in [4.69, 9.17) is 10.5 Å². The van der Waals surface area contributed by atoms with E-state index in [9.17, 15) is 4.79 Å². The molecule has 116 valence electrons. The molecule has 1 aromatic carbocycles. The number of methoxy groups -OCH3 is 1. The fraction of sp³-hybridized carbons (Fsp3) is 0.588. The van der Waals surface area contributed by atoms with Gasteiger partial charge in [-0.15, -0.1) is 0 Å². The lowest BCUT2D eigenvalue weighted by Gasteiger charge is -2.30. The van der Waals surface area contributed by atoms with Crippen LogP contribution in [-0.2, 0) is 11.2 Å². The van der Waals surface area contributed by atoms with Crippen LogP contribution in [0.25, 0.3) is 0 Å². The standard InChI is InChI=1S/C17H26N2O2/c1-12(11-13-3-9-16(21-2)10-4-13)19-15-7-5-14(6-8-15)17(18)20/h3-4,9-10,12,14-15,19H,5-8,11H2,1-2H3,(H2,18,20). The minimum atomic E-state index is -0.139. The predicted molar refractivity (Wildman–Crippen MR) is 84.2 cm³/mol. The van der Waals surface area contributed by atoms with Gasteiger partial charge in [0, 0.05) is 18.0 Å². The van der Waals surface area contributed by atoms with Gasteiger partial charge in [0.05, 0.1) is 7.11 Å². The van der Waals surface area contributed by atoms with Gasteiger partial charge in [-0.25, -0.2) is 0 Å². The summed E-state index contributed by atoms with van der Waals surface area (Å²) < 4.78 is 5.17. The summed E-state index contributed by atoms with van der Waals surface area (Å²) >= 11 is 0. The second-order valence-electron chi connectivity index (χ2n) is 6.07. The van der Waals surface area contributed by atoms with Crippen LogP contribution in [0.15, 0.2) is 24.3 Å². The topological polar surface area (TPSA) is 64.3 Å². The number of amides is 1. The van der Waals surface area contributed by atoms with Crippen molar-refractivity contribution in [2.24, 2.45) is 11.7 Å². The van der Waals surface area contributed by atoms with Gasteiger partial charge in [-0.2, -0.15) is 0 Å². The third-order valence-electron chi connectivity index (χ3n) is 4.35. The smallest absolute Gasteiger partial charge is 0.220 e. The second kappa shape index (κ2) is 7.46. The first-order chi connectivity index (χ1) is 10.1. The zero-order chi connectivity index (χ0) is 15.2. The van der Waals surface area contributed by atoms with Gasteiger partial charge in [0.15, 0.2) is 0 Å². The highest BCUT2D eigenvalue weighted by molar-refractivity contribution is 5.76. The molecular formula is C17H26N2O2. The van der Waals surface area contributed by atoms with E-state index in [1.165, 1.54) is 5.56 Å². The highest BCUT2D eigenvalue weighted by Gasteiger charge is 2.25. The van der Waals surface area contributed by atoms with Gasteiger partial charge >= 0.3 is 0 Å². The summed E-state index contributed by atoms with van der Waals surface area (Å²) in [5.74, 6) is 0.837. The van der Waals surface area contributed by atoms with Crippen LogP contribution in [0.3, 0.4) is 0 Å². The molecule has 0 spiro atoms. The molecule has 1 amide bonds. The number of nitrogens with one attached hydrogen (secondary N) is 1. The molecule has 0 bridgehead atoms. The molecule has 0 aromatic heterocycles. The minimum Gasteiger partial charge on any atom is -0.497 e. The number of ether oxygens (including phenoxy) is 1. The summed E-state index contributed by atoms with van der Waals surface area (Å²) in [4.78, 5) is 11.2. The van der Waals surface area contributed by atoms with Crippen molar-refractivity contribution in [2.45, 2.75) is 51.1 Å². The maximum Gasteiger partial charge on any atom is 0.220 e. The average molecular weight is 290 g/mol. The van der Waals surface area contributed by atoms with E-state index >= 15 is 0 Å². The normalized spacial score (nSPS) is 23.5. The lowest BCUT2D eigenvalue weighted by atomic mass is 9.85. The number of hydrogen-bond donors (Lipinski definition) is 2. The molecule has 0 heterocycles. The molecule has 4 nitrogen and oxygen atoms in total. The predicted octanol–water partition coefficient (Wildman–Crippen LogP) is 2.26. The van der Waals surface area contributed by atoms with E-state index in [-0.39, 0.29) is 11.8 Å². The van der Waals surface area contributed by atoms with Gasteiger partial charge in [-0.3, -0.25) is 4.79 Å². The Hall–Kier alpha value is -1.55. The summed E-state index contributed by atoms with van der Waals surface area (Å²) in [5, 5.41) is 3.67. The van der Waals surface area contributed by atoms with Crippen LogP contribution in [0.5, 0.6) is 5.75 Å². The van der Waals surface area contributed by atoms with Crippen LogP contribution < -0.4 is 15.8 Å². The molecule has 1 fully saturated rings. The SMILES string of the molecule is COc1ccc(CC(C)NC2CCC(C(N)=O)CC2)cc1. The third-order valence-corrected chi connectivity index (χ3v) is 4.35. The van der Waals surface area contributed by atoms with Gasteiger partial charge in [0.1, 0.15) is 5.75 Å². The van der Waals surface area contributed by atoms with Crippen LogP contribution in [-0.4, -0.2) is 25.1 Å². The van der Waals surface area contributed by atoms with Crippen molar-refractivity contribution in [3.05, 3.63) is 29.8 Å². The number of primary amides is 1. The van der Waals surface area contributed by atoms with Gasteiger partial charge in [-0.05, 0) is 56.7 Å². The second-order valence-corrected chi connectivity index (χ2v) is 6.07. The first-order valence-corrected chi connectivity index (χ1v) is 7.76. The van der Waals surface area contributed by atoms with Crippen LogP contribution >= 0.6 is 0 Å². The molecule has 2 rings (SSSR count). The number of benzene rings is 1. The maximum absolute atomic E-state index is 11.2. The van der Waals surface area contributed by atoms with E-state index < -0.39 is 0 Å². The van der Waals surface area contributed by atoms with E-state index in [1.807, 2.05) is 12.1 Å². The van der Waals surface area contributed by atoms with E-state index in [2.05, 4.69) is 24.4 Å². The number of rotatable bonds is 6. The van der Waals surface area contributed by atoms with E-state index in [1.54, 1.807) is 7.11 Å². The van der Waals surface area contributed by atoms with Crippen molar-refractivity contribution >= 4 is 5.91 Å². The van der Waals surface area contributed by atoms with Crippen molar-refractivity contribution < 1.29 is 9.53 Å². The highest BCUT2D eigenvalue weighted by atomic mass is 16.5. The van der Waals surface area contributed by atoms with E-state index in [0.717, 1.165) is 37.9 Å². The quantitative estimate of drug-likeness (QED) is 0.844. The fourth-order valence-corrected chi connectivity index (χ4v) is 3.12. The molecule has 21 heavy (non-hydrogen) atoms. The molecule has 3 N–H and O–H groups in total. The Morgan fingerprint density at radius 2 is 1.90 bits per heavy atom. The summed E-state index contributed by atoms with van der Waals surface area (Å²) in [6.45, 7) is 2.21. The molecule has 1 unspecified atom stereocenters. The zero-order valence-corrected chi connectivity index (χ0v) is 13.0. The first-order valence-electron chi connectivity index (χ1n) is 7.76. The van der Waals surface area contributed by atoms with Gasteiger partial charge < -0.3 is 15.8 Å². The largest absolute Gasteiger partial charge is 0.497 e. The third kappa shape index (κ3) is 4.74. The van der Waals surface area contributed by atoms with Crippen molar-refractivity contribution in [3.63, 3.8) is 0 Å². The number of carbonyl (C=O) groups excluding carboxylic acids is 1. The molecule has 1 aliphatic rings. The molecular weight excluding hydrogens is 264 g/mol. The Balaban J connectivity index is 1.76. The lowest BCUT2D eigenvalue weighted by Crippen LogP contribution is -2.41. The summed E-state index contributed by atoms with van der Waals surface area (Å²) in [6.07, 6.45) is 4.92. The van der Waals surface area contributed by atoms with E-state index in [0.29, 0.717) is 12.1 Å². The minimum absolute atomic E-state index is 0.0833. The Labute approximate surface area is 127 Å². The van der Waals surface area contributed by atoms with Crippen LogP contribution in [0.4, 0.5) is 0 Å². The number of hydrogen-bond acceptors (Lipinski definition) is 3. The van der Waals surface area contributed by atoms with Crippen molar-refractivity contribution in [3.8, 4) is 5.75 Å². The number of carbonyl (C=O) groups is 1. The van der Waals surface area contributed by atoms with Crippen LogP contribution in [0.2, 0.25) is 0 Å². The lowest BCUT2D eigenvalue weighted by molar-refractivity contribution is -0.122. The zero-order valence-electron chi connectivity index (χ0n) is 13.0. The molecule has 0 radical (unpaired) electrons. The Bertz CT molecular complexity index is 450. The van der Waals surface area contributed by atoms with Gasteiger partial charge in [0.2, 0.25) is 5.91 Å². The average Bonchev–Trinajstić information content (AvgIpc) is 2.48. The van der Waals surface area contributed by atoms with Crippen molar-refractivity contribution in [1.29, 1.82) is 0 Å². The number of nitrogens with two attached hydrogens (primary N) is 1. The Kier molecular flexibility index (Phi) is 5.62. The summed E-state index contributed by atoms with van der Waals surface area (Å²) in [6, 6.07) is 9.16. The Morgan fingerprint density at radius 1 is 1.29 bits per heavy atom. The van der Waals surface area contributed by atoms with Gasteiger partial charge in [-0.1, -0.05) is 12.1 Å². The molecule has 4 heteroatoms. The monoisotopic (exact) mass is 290 g/mol.